The van der Waals surface area contributed by atoms with Gasteiger partial charge in [-0.25, -0.2) is 4.68 Å². The van der Waals surface area contributed by atoms with Crippen molar-refractivity contribution in [1.29, 1.82) is 0 Å². The molecule has 0 aromatic carbocycles. The van der Waals surface area contributed by atoms with Crippen LogP contribution in [0.25, 0.3) is 0 Å². The number of carbonyl (C=O) groups excluding carboxylic acids is 1. The zero-order chi connectivity index (χ0) is 18.5. The molecule has 0 bridgehead atoms. The molecule has 0 aliphatic carbocycles. The molecule has 2 aromatic rings. The van der Waals surface area contributed by atoms with Crippen LogP contribution in [0.3, 0.4) is 0 Å². The highest BCUT2D eigenvalue weighted by Gasteiger charge is 2.24. The number of aliphatic hydroxyl groups excluding tert-OH is 1. The van der Waals surface area contributed by atoms with Crippen molar-refractivity contribution in [2.45, 2.75) is 52.3 Å². The van der Waals surface area contributed by atoms with Gasteiger partial charge in [-0.05, 0) is 30.9 Å². The van der Waals surface area contributed by atoms with Gasteiger partial charge in [0.1, 0.15) is 23.9 Å². The Morgan fingerprint density at radius 1 is 1.31 bits per heavy atom. The summed E-state index contributed by atoms with van der Waals surface area (Å²) in [6.45, 7) is 6.65. The van der Waals surface area contributed by atoms with Gasteiger partial charge in [-0.3, -0.25) is 9.69 Å². The van der Waals surface area contributed by atoms with Crippen molar-refractivity contribution < 1.29 is 14.3 Å². The Hall–Kier alpha value is -2.12. The molecule has 1 aliphatic rings. The van der Waals surface area contributed by atoms with Gasteiger partial charge in [0, 0.05) is 25.6 Å². The summed E-state index contributed by atoms with van der Waals surface area (Å²) in [7, 11) is 0. The van der Waals surface area contributed by atoms with Crippen molar-refractivity contribution in [3.63, 3.8) is 0 Å². The fraction of sp³-hybridized carbons (Fsp3) is 0.579. The number of nitrogens with one attached hydrogen (secondary N) is 1. The van der Waals surface area contributed by atoms with Crippen molar-refractivity contribution in [1.82, 2.24) is 14.7 Å². The number of piperidine rings is 1. The van der Waals surface area contributed by atoms with Gasteiger partial charge in [0.05, 0.1) is 18.8 Å². The van der Waals surface area contributed by atoms with Gasteiger partial charge in [0.2, 0.25) is 5.91 Å². The van der Waals surface area contributed by atoms with E-state index in [0.29, 0.717) is 24.1 Å². The quantitative estimate of drug-likeness (QED) is 0.793. The third-order valence-corrected chi connectivity index (χ3v) is 4.69. The molecule has 2 N–H and O–H groups in total. The van der Waals surface area contributed by atoms with Crippen LogP contribution < -0.4 is 5.32 Å². The Morgan fingerprint density at radius 3 is 2.69 bits per heavy atom. The molecular weight excluding hydrogens is 332 g/mol. The van der Waals surface area contributed by atoms with E-state index in [1.54, 1.807) is 6.20 Å². The molecule has 2 aromatic heterocycles. The van der Waals surface area contributed by atoms with E-state index in [2.05, 4.69) is 15.3 Å². The number of anilines is 1. The van der Waals surface area contributed by atoms with E-state index in [4.69, 9.17) is 9.52 Å². The Bertz CT molecular complexity index is 714. The first-order valence-corrected chi connectivity index (χ1v) is 9.29. The number of nitrogens with zero attached hydrogens (tertiary/aromatic N) is 3. The minimum atomic E-state index is -0.0628. The molecule has 0 unspecified atom stereocenters. The number of likely N-dealkylation sites (tertiary alicyclic amines) is 1. The minimum Gasteiger partial charge on any atom is -0.462 e. The van der Waals surface area contributed by atoms with Crippen LogP contribution >= 0.6 is 0 Å². The fourth-order valence-electron chi connectivity index (χ4n) is 3.40. The normalized spacial score (nSPS) is 16.3. The molecule has 0 atom stereocenters. The summed E-state index contributed by atoms with van der Waals surface area (Å²) in [6, 6.07) is 5.90. The molecule has 26 heavy (non-hydrogen) atoms. The highest BCUT2D eigenvalue weighted by atomic mass is 16.4. The van der Waals surface area contributed by atoms with Crippen LogP contribution in [-0.4, -0.2) is 38.8 Å². The third-order valence-electron chi connectivity index (χ3n) is 4.69. The molecule has 7 heteroatoms. The van der Waals surface area contributed by atoms with Crippen LogP contribution in [0, 0.1) is 5.92 Å². The van der Waals surface area contributed by atoms with Gasteiger partial charge in [-0.2, -0.15) is 5.10 Å². The van der Waals surface area contributed by atoms with Crippen molar-refractivity contribution in [2.24, 2.45) is 5.92 Å². The predicted octanol–water partition coefficient (Wildman–Crippen LogP) is 2.79. The van der Waals surface area contributed by atoms with Crippen molar-refractivity contribution in [2.75, 3.05) is 18.4 Å². The second-order valence-electron chi connectivity index (χ2n) is 7.34. The number of rotatable bonds is 7. The summed E-state index contributed by atoms with van der Waals surface area (Å²) in [5.74, 6) is 2.65. The van der Waals surface area contributed by atoms with E-state index < -0.39 is 0 Å². The van der Waals surface area contributed by atoms with Crippen molar-refractivity contribution in [3.05, 3.63) is 35.9 Å². The van der Waals surface area contributed by atoms with Gasteiger partial charge in [-0.1, -0.05) is 13.8 Å². The number of aromatic nitrogens is 2. The average Bonchev–Trinajstić information content (AvgIpc) is 3.24. The average molecular weight is 360 g/mol. The first-order valence-electron chi connectivity index (χ1n) is 9.29. The number of aliphatic hydroxyl groups is 1. The molecule has 3 rings (SSSR count). The number of carbonyl (C=O) groups is 1. The Labute approximate surface area is 154 Å². The summed E-state index contributed by atoms with van der Waals surface area (Å²) in [6.07, 6.45) is 4.21. The summed E-state index contributed by atoms with van der Waals surface area (Å²) in [5.41, 5.74) is 0. The highest BCUT2D eigenvalue weighted by Crippen LogP contribution is 2.26. The SMILES string of the molecule is CC(C)CC(=O)Nc1ccnn1C1CCN(Cc2ccc(CO)o2)CC1. The number of amides is 1. The molecule has 1 fully saturated rings. The van der Waals surface area contributed by atoms with Gasteiger partial charge >= 0.3 is 0 Å². The van der Waals surface area contributed by atoms with Crippen LogP contribution in [0.5, 0.6) is 0 Å². The molecule has 1 saturated heterocycles. The lowest BCUT2D eigenvalue weighted by Crippen LogP contribution is -2.34. The Morgan fingerprint density at radius 2 is 2.04 bits per heavy atom. The largest absolute Gasteiger partial charge is 0.462 e. The van der Waals surface area contributed by atoms with E-state index in [1.807, 2.05) is 36.7 Å². The zero-order valence-electron chi connectivity index (χ0n) is 15.5. The van der Waals surface area contributed by atoms with Crippen LogP contribution in [0.2, 0.25) is 0 Å². The lowest BCUT2D eigenvalue weighted by Gasteiger charge is -2.32. The van der Waals surface area contributed by atoms with Gasteiger partial charge in [0.25, 0.3) is 0 Å². The fourth-order valence-corrected chi connectivity index (χ4v) is 3.40. The van der Waals surface area contributed by atoms with Crippen LogP contribution in [0.15, 0.2) is 28.8 Å². The molecular formula is C19H28N4O3. The van der Waals surface area contributed by atoms with E-state index in [9.17, 15) is 4.79 Å². The van der Waals surface area contributed by atoms with Crippen LogP contribution in [0.1, 0.15) is 50.7 Å². The number of hydrogen-bond donors (Lipinski definition) is 2. The molecule has 142 valence electrons. The molecule has 0 saturated carbocycles. The second-order valence-corrected chi connectivity index (χ2v) is 7.34. The predicted molar refractivity (Wildman–Crippen MR) is 98.5 cm³/mol. The number of furan rings is 1. The topological polar surface area (TPSA) is 83.5 Å². The highest BCUT2D eigenvalue weighted by molar-refractivity contribution is 5.89. The molecule has 1 aliphatic heterocycles. The number of hydrogen-bond acceptors (Lipinski definition) is 5. The molecule has 7 nitrogen and oxygen atoms in total. The van der Waals surface area contributed by atoms with Crippen LogP contribution in [0.4, 0.5) is 5.82 Å². The van der Waals surface area contributed by atoms with Gasteiger partial charge in [0.15, 0.2) is 0 Å². The Kier molecular flexibility index (Phi) is 6.11. The smallest absolute Gasteiger partial charge is 0.225 e. The third kappa shape index (κ3) is 4.74. The molecule has 0 spiro atoms. The van der Waals surface area contributed by atoms with E-state index in [1.165, 1.54) is 0 Å². The lowest BCUT2D eigenvalue weighted by molar-refractivity contribution is -0.116. The van der Waals surface area contributed by atoms with Crippen molar-refractivity contribution in [3.8, 4) is 0 Å². The summed E-state index contributed by atoms with van der Waals surface area (Å²) in [4.78, 5) is 14.4. The minimum absolute atomic E-state index is 0.0386. The maximum atomic E-state index is 12.0. The maximum absolute atomic E-state index is 12.0. The standard InChI is InChI=1S/C19H28N4O3/c1-14(2)11-19(25)21-18-5-8-20-23(18)15-6-9-22(10-7-15)12-16-3-4-17(13-24)26-16/h3-5,8,14-15,24H,6-7,9-13H2,1-2H3,(H,21,25). The first kappa shape index (κ1) is 18.7. The van der Waals surface area contributed by atoms with E-state index in [-0.39, 0.29) is 12.5 Å². The molecule has 0 radical (unpaired) electrons. The monoisotopic (exact) mass is 360 g/mol. The van der Waals surface area contributed by atoms with Gasteiger partial charge in [-0.15, -0.1) is 0 Å². The summed E-state index contributed by atoms with van der Waals surface area (Å²) in [5, 5.41) is 16.5. The van der Waals surface area contributed by atoms with Gasteiger partial charge < -0.3 is 14.8 Å². The van der Waals surface area contributed by atoms with E-state index >= 15 is 0 Å². The van der Waals surface area contributed by atoms with E-state index in [0.717, 1.165) is 44.1 Å². The molecule has 1 amide bonds. The summed E-state index contributed by atoms with van der Waals surface area (Å²) < 4.78 is 7.52. The lowest BCUT2D eigenvalue weighted by atomic mass is 10.1. The zero-order valence-corrected chi connectivity index (χ0v) is 15.5. The summed E-state index contributed by atoms with van der Waals surface area (Å²) >= 11 is 0. The van der Waals surface area contributed by atoms with Crippen LogP contribution in [-0.2, 0) is 17.9 Å². The maximum Gasteiger partial charge on any atom is 0.225 e. The Balaban J connectivity index is 1.53. The molecule has 3 heterocycles. The van der Waals surface area contributed by atoms with Crippen molar-refractivity contribution >= 4 is 11.7 Å². The first-order chi connectivity index (χ1) is 12.5. The second kappa shape index (κ2) is 8.51.